The van der Waals surface area contributed by atoms with Gasteiger partial charge in [-0.05, 0) is 37.1 Å². The van der Waals surface area contributed by atoms with E-state index in [4.69, 9.17) is 9.47 Å². The zero-order valence-corrected chi connectivity index (χ0v) is 11.0. The third kappa shape index (κ3) is 5.53. The Morgan fingerprint density at radius 1 is 1.22 bits per heavy atom. The lowest BCUT2D eigenvalue weighted by Gasteiger charge is -2.04. The van der Waals surface area contributed by atoms with E-state index in [0.717, 1.165) is 30.8 Å². The summed E-state index contributed by atoms with van der Waals surface area (Å²) in [5.41, 5.74) is 0.950. The standard InChI is InChI=1S/C15H20O3/c1-3-5-12-18-14-9-6-13(7-10-14)8-11-15(16)17-4-2/h6-11H,3-5,12H2,1-2H3. The minimum atomic E-state index is -0.319. The van der Waals surface area contributed by atoms with Crippen molar-refractivity contribution in [2.75, 3.05) is 13.2 Å². The molecule has 0 amide bonds. The van der Waals surface area contributed by atoms with E-state index < -0.39 is 0 Å². The van der Waals surface area contributed by atoms with Crippen molar-refractivity contribution in [2.24, 2.45) is 0 Å². The van der Waals surface area contributed by atoms with Gasteiger partial charge in [-0.25, -0.2) is 4.79 Å². The van der Waals surface area contributed by atoms with Gasteiger partial charge in [0.25, 0.3) is 0 Å². The molecule has 0 aliphatic carbocycles. The molecule has 0 saturated heterocycles. The molecule has 0 aliphatic heterocycles. The number of unbranched alkanes of at least 4 members (excludes halogenated alkanes) is 1. The predicted octanol–water partition coefficient (Wildman–Crippen LogP) is 3.44. The molecular weight excluding hydrogens is 228 g/mol. The second-order valence-corrected chi connectivity index (χ2v) is 3.86. The number of ether oxygens (including phenoxy) is 2. The van der Waals surface area contributed by atoms with E-state index in [1.165, 1.54) is 6.08 Å². The van der Waals surface area contributed by atoms with Gasteiger partial charge in [-0.2, -0.15) is 0 Å². The van der Waals surface area contributed by atoms with Crippen molar-refractivity contribution >= 4 is 12.0 Å². The molecule has 1 aromatic rings. The number of esters is 1. The second kappa shape index (κ2) is 8.34. The number of hydrogen-bond donors (Lipinski definition) is 0. The largest absolute Gasteiger partial charge is 0.494 e. The normalized spacial score (nSPS) is 10.6. The molecule has 0 aliphatic rings. The van der Waals surface area contributed by atoms with Crippen molar-refractivity contribution in [1.29, 1.82) is 0 Å². The third-order valence-corrected chi connectivity index (χ3v) is 2.35. The van der Waals surface area contributed by atoms with Crippen LogP contribution < -0.4 is 4.74 Å². The lowest BCUT2D eigenvalue weighted by molar-refractivity contribution is -0.137. The summed E-state index contributed by atoms with van der Waals surface area (Å²) in [6.45, 7) is 5.06. The minimum Gasteiger partial charge on any atom is -0.494 e. The summed E-state index contributed by atoms with van der Waals surface area (Å²) in [4.78, 5) is 11.1. The van der Waals surface area contributed by atoms with Gasteiger partial charge in [-0.3, -0.25) is 0 Å². The Labute approximate surface area is 108 Å². The highest BCUT2D eigenvalue weighted by atomic mass is 16.5. The van der Waals surface area contributed by atoms with E-state index in [-0.39, 0.29) is 5.97 Å². The lowest BCUT2D eigenvalue weighted by Crippen LogP contribution is -1.98. The molecule has 1 rings (SSSR count). The molecule has 0 fully saturated rings. The first-order valence-corrected chi connectivity index (χ1v) is 6.34. The van der Waals surface area contributed by atoms with Crippen LogP contribution in [0.25, 0.3) is 6.08 Å². The molecule has 0 bridgehead atoms. The van der Waals surface area contributed by atoms with Gasteiger partial charge >= 0.3 is 5.97 Å². The first-order chi connectivity index (χ1) is 8.76. The zero-order valence-electron chi connectivity index (χ0n) is 11.0. The van der Waals surface area contributed by atoms with Crippen LogP contribution in [-0.2, 0) is 9.53 Å². The minimum absolute atomic E-state index is 0.319. The summed E-state index contributed by atoms with van der Waals surface area (Å²) in [6, 6.07) is 7.63. The van der Waals surface area contributed by atoms with Crippen molar-refractivity contribution < 1.29 is 14.3 Å². The SMILES string of the molecule is CCCCOc1ccc(C=CC(=O)OCC)cc1. The first kappa shape index (κ1) is 14.3. The molecule has 0 atom stereocenters. The zero-order chi connectivity index (χ0) is 13.2. The van der Waals surface area contributed by atoms with Crippen molar-refractivity contribution in [3.63, 3.8) is 0 Å². The van der Waals surface area contributed by atoms with E-state index in [9.17, 15) is 4.79 Å². The van der Waals surface area contributed by atoms with Gasteiger partial charge in [0.05, 0.1) is 13.2 Å². The summed E-state index contributed by atoms with van der Waals surface area (Å²) in [7, 11) is 0. The number of rotatable bonds is 7. The molecule has 18 heavy (non-hydrogen) atoms. The third-order valence-electron chi connectivity index (χ3n) is 2.35. The van der Waals surface area contributed by atoms with E-state index in [0.29, 0.717) is 6.61 Å². The molecule has 3 heteroatoms. The monoisotopic (exact) mass is 248 g/mol. The van der Waals surface area contributed by atoms with Crippen LogP contribution >= 0.6 is 0 Å². The molecule has 0 saturated carbocycles. The van der Waals surface area contributed by atoms with Crippen LogP contribution in [0.3, 0.4) is 0 Å². The van der Waals surface area contributed by atoms with Crippen LogP contribution in [0.4, 0.5) is 0 Å². The highest BCUT2D eigenvalue weighted by molar-refractivity contribution is 5.87. The fraction of sp³-hybridized carbons (Fsp3) is 0.400. The Balaban J connectivity index is 2.47. The Bertz CT molecular complexity index is 379. The smallest absolute Gasteiger partial charge is 0.330 e. The van der Waals surface area contributed by atoms with E-state index in [1.54, 1.807) is 13.0 Å². The lowest BCUT2D eigenvalue weighted by atomic mass is 10.2. The summed E-state index contributed by atoms with van der Waals surface area (Å²) >= 11 is 0. The number of benzene rings is 1. The Morgan fingerprint density at radius 3 is 2.56 bits per heavy atom. The first-order valence-electron chi connectivity index (χ1n) is 6.34. The van der Waals surface area contributed by atoms with Gasteiger partial charge in [0.2, 0.25) is 0 Å². The Hall–Kier alpha value is -1.77. The topological polar surface area (TPSA) is 35.5 Å². The molecule has 98 valence electrons. The number of carbonyl (C=O) groups excluding carboxylic acids is 1. The molecule has 0 radical (unpaired) electrons. The summed E-state index contributed by atoms with van der Waals surface area (Å²) in [6.07, 6.45) is 5.34. The fourth-order valence-corrected chi connectivity index (χ4v) is 1.36. The van der Waals surface area contributed by atoms with Crippen LogP contribution in [0.1, 0.15) is 32.3 Å². The summed E-state index contributed by atoms with van der Waals surface area (Å²) in [5.74, 6) is 0.539. The maximum atomic E-state index is 11.1. The van der Waals surface area contributed by atoms with Gasteiger partial charge in [0.1, 0.15) is 5.75 Å². The van der Waals surface area contributed by atoms with Gasteiger partial charge in [-0.15, -0.1) is 0 Å². The quantitative estimate of drug-likeness (QED) is 0.421. The molecule has 0 aromatic heterocycles. The van der Waals surface area contributed by atoms with Crippen LogP contribution in [-0.4, -0.2) is 19.2 Å². The second-order valence-electron chi connectivity index (χ2n) is 3.86. The summed E-state index contributed by atoms with van der Waals surface area (Å²) < 4.78 is 10.4. The maximum absolute atomic E-state index is 11.1. The molecule has 0 heterocycles. The van der Waals surface area contributed by atoms with Crippen LogP contribution in [0.5, 0.6) is 5.75 Å². The van der Waals surface area contributed by atoms with E-state index in [2.05, 4.69) is 6.92 Å². The van der Waals surface area contributed by atoms with Crippen LogP contribution in [0.2, 0.25) is 0 Å². The molecule has 0 unspecified atom stereocenters. The average molecular weight is 248 g/mol. The van der Waals surface area contributed by atoms with Crippen LogP contribution in [0, 0.1) is 0 Å². The maximum Gasteiger partial charge on any atom is 0.330 e. The molecule has 0 spiro atoms. The van der Waals surface area contributed by atoms with Crippen molar-refractivity contribution in [1.82, 2.24) is 0 Å². The molecule has 0 N–H and O–H groups in total. The Kier molecular flexibility index (Phi) is 6.62. The van der Waals surface area contributed by atoms with Gasteiger partial charge in [0, 0.05) is 6.08 Å². The van der Waals surface area contributed by atoms with E-state index >= 15 is 0 Å². The molecule has 1 aromatic carbocycles. The highest BCUT2D eigenvalue weighted by Gasteiger charge is 1.95. The summed E-state index contributed by atoms with van der Waals surface area (Å²) in [5, 5.41) is 0. The van der Waals surface area contributed by atoms with Crippen molar-refractivity contribution in [3.8, 4) is 5.75 Å². The van der Waals surface area contributed by atoms with E-state index in [1.807, 2.05) is 24.3 Å². The van der Waals surface area contributed by atoms with Crippen molar-refractivity contribution in [3.05, 3.63) is 35.9 Å². The molecule has 3 nitrogen and oxygen atoms in total. The molecular formula is C15H20O3. The van der Waals surface area contributed by atoms with Crippen LogP contribution in [0.15, 0.2) is 30.3 Å². The highest BCUT2D eigenvalue weighted by Crippen LogP contribution is 2.13. The Morgan fingerprint density at radius 2 is 1.94 bits per heavy atom. The van der Waals surface area contributed by atoms with Gasteiger partial charge in [0.15, 0.2) is 0 Å². The predicted molar refractivity (Wildman–Crippen MR) is 72.5 cm³/mol. The number of carbonyl (C=O) groups is 1. The van der Waals surface area contributed by atoms with Crippen molar-refractivity contribution in [2.45, 2.75) is 26.7 Å². The fourth-order valence-electron chi connectivity index (χ4n) is 1.36. The average Bonchev–Trinajstić information content (AvgIpc) is 2.38. The van der Waals surface area contributed by atoms with Gasteiger partial charge < -0.3 is 9.47 Å². The number of hydrogen-bond acceptors (Lipinski definition) is 3. The van der Waals surface area contributed by atoms with Gasteiger partial charge in [-0.1, -0.05) is 25.5 Å².